The van der Waals surface area contributed by atoms with Gasteiger partial charge in [0.05, 0.1) is 6.07 Å². The Labute approximate surface area is 79.9 Å². The number of hydrogen-bond acceptors (Lipinski definition) is 3. The van der Waals surface area contributed by atoms with Crippen molar-refractivity contribution in [2.45, 2.75) is 44.9 Å². The van der Waals surface area contributed by atoms with Crippen molar-refractivity contribution in [2.75, 3.05) is 6.61 Å². The van der Waals surface area contributed by atoms with E-state index in [0.29, 0.717) is 13.0 Å². The lowest BCUT2D eigenvalue weighted by molar-refractivity contribution is 0.260. The highest BCUT2D eigenvalue weighted by molar-refractivity contribution is 4.67. The van der Waals surface area contributed by atoms with Crippen LogP contribution in [0.4, 0.5) is 0 Å². The van der Waals surface area contributed by atoms with Gasteiger partial charge in [0.2, 0.25) is 0 Å². The summed E-state index contributed by atoms with van der Waals surface area (Å²) in [5.41, 5.74) is 0. The van der Waals surface area contributed by atoms with Gasteiger partial charge in [0, 0.05) is 6.42 Å². The first-order chi connectivity index (χ1) is 6.41. The van der Waals surface area contributed by atoms with Crippen LogP contribution in [-0.2, 0) is 4.74 Å². The standard InChI is InChI=1S/C10H16N2O/c11-8-6-4-2-1-3-5-7-9-13-10-12/h1-7,9H2. The van der Waals surface area contributed by atoms with Crippen LogP contribution in [0.15, 0.2) is 0 Å². The molecule has 0 heterocycles. The summed E-state index contributed by atoms with van der Waals surface area (Å²) in [5.74, 6) is 0. The van der Waals surface area contributed by atoms with Gasteiger partial charge < -0.3 is 4.74 Å². The van der Waals surface area contributed by atoms with Gasteiger partial charge in [0.15, 0.2) is 0 Å². The molecule has 13 heavy (non-hydrogen) atoms. The third-order valence-corrected chi connectivity index (χ3v) is 1.85. The van der Waals surface area contributed by atoms with E-state index in [9.17, 15) is 0 Å². The Balaban J connectivity index is 2.85. The third-order valence-electron chi connectivity index (χ3n) is 1.85. The molecule has 3 nitrogen and oxygen atoms in total. The molecule has 0 aliphatic carbocycles. The Kier molecular flexibility index (Phi) is 9.77. The monoisotopic (exact) mass is 180 g/mol. The SMILES string of the molecule is N#CCCCCCCCCOC#N. The smallest absolute Gasteiger partial charge is 0.286 e. The molecule has 0 fully saturated rings. The van der Waals surface area contributed by atoms with Gasteiger partial charge in [-0.15, -0.1) is 0 Å². The number of ether oxygens (including phenoxy) is 1. The maximum absolute atomic E-state index is 8.27. The van der Waals surface area contributed by atoms with Crippen molar-refractivity contribution < 1.29 is 4.74 Å². The molecule has 0 rings (SSSR count). The van der Waals surface area contributed by atoms with Gasteiger partial charge in [-0.2, -0.15) is 10.5 Å². The van der Waals surface area contributed by atoms with E-state index in [4.69, 9.17) is 10.5 Å². The molecule has 0 aromatic rings. The average molecular weight is 180 g/mol. The molecule has 0 radical (unpaired) electrons. The largest absolute Gasteiger partial charge is 0.428 e. The lowest BCUT2D eigenvalue weighted by Crippen LogP contribution is -1.87. The van der Waals surface area contributed by atoms with Crippen LogP contribution in [0.2, 0.25) is 0 Å². The first-order valence-corrected chi connectivity index (χ1v) is 4.79. The number of unbranched alkanes of at least 4 members (excludes halogenated alkanes) is 6. The summed E-state index contributed by atoms with van der Waals surface area (Å²) in [5, 5.41) is 16.3. The van der Waals surface area contributed by atoms with Gasteiger partial charge in [-0.3, -0.25) is 0 Å². The molecule has 0 spiro atoms. The molecule has 0 aromatic heterocycles. The van der Waals surface area contributed by atoms with E-state index >= 15 is 0 Å². The number of hydrogen-bond donors (Lipinski definition) is 0. The molecule has 0 N–H and O–H groups in total. The minimum Gasteiger partial charge on any atom is -0.428 e. The fourth-order valence-electron chi connectivity index (χ4n) is 1.13. The van der Waals surface area contributed by atoms with Gasteiger partial charge in [-0.1, -0.05) is 25.7 Å². The molecule has 0 atom stereocenters. The van der Waals surface area contributed by atoms with Crippen LogP contribution < -0.4 is 0 Å². The normalized spacial score (nSPS) is 8.77. The quantitative estimate of drug-likeness (QED) is 0.426. The van der Waals surface area contributed by atoms with E-state index in [1.807, 2.05) is 0 Å². The van der Waals surface area contributed by atoms with Gasteiger partial charge in [0.25, 0.3) is 6.26 Å². The van der Waals surface area contributed by atoms with Crippen LogP contribution >= 0.6 is 0 Å². The minimum atomic E-state index is 0.550. The molecule has 0 saturated carbocycles. The zero-order chi connectivity index (χ0) is 9.78. The van der Waals surface area contributed by atoms with Crippen molar-refractivity contribution in [3.63, 3.8) is 0 Å². The van der Waals surface area contributed by atoms with E-state index < -0.39 is 0 Å². The fraction of sp³-hybridized carbons (Fsp3) is 0.800. The zero-order valence-corrected chi connectivity index (χ0v) is 7.96. The molecule has 0 unspecified atom stereocenters. The predicted octanol–water partition coefficient (Wildman–Crippen LogP) is 2.74. The van der Waals surface area contributed by atoms with Crippen LogP contribution in [0.1, 0.15) is 44.9 Å². The van der Waals surface area contributed by atoms with E-state index in [1.165, 1.54) is 12.8 Å². The van der Waals surface area contributed by atoms with E-state index in [0.717, 1.165) is 25.7 Å². The second-order valence-electron chi connectivity index (χ2n) is 2.97. The molecule has 0 aromatic carbocycles. The lowest BCUT2D eigenvalue weighted by atomic mass is 10.1. The fourth-order valence-corrected chi connectivity index (χ4v) is 1.13. The van der Waals surface area contributed by atoms with Crippen molar-refractivity contribution in [3.8, 4) is 12.3 Å². The highest BCUT2D eigenvalue weighted by Gasteiger charge is 1.91. The third kappa shape index (κ3) is 10.8. The molecule has 0 saturated heterocycles. The Morgan fingerprint density at radius 2 is 1.46 bits per heavy atom. The van der Waals surface area contributed by atoms with Crippen molar-refractivity contribution in [3.05, 3.63) is 0 Å². The van der Waals surface area contributed by atoms with Crippen LogP contribution in [0.5, 0.6) is 0 Å². The summed E-state index contributed by atoms with van der Waals surface area (Å²) in [4.78, 5) is 0. The number of nitrogens with zero attached hydrogens (tertiary/aromatic N) is 2. The maximum Gasteiger partial charge on any atom is 0.286 e. The molecular weight excluding hydrogens is 164 g/mol. The minimum absolute atomic E-state index is 0.550. The van der Waals surface area contributed by atoms with Gasteiger partial charge in [-0.05, 0) is 12.8 Å². The first-order valence-electron chi connectivity index (χ1n) is 4.79. The summed E-state index contributed by atoms with van der Waals surface area (Å²) in [6, 6.07) is 2.13. The molecule has 3 heteroatoms. The van der Waals surface area contributed by atoms with Crippen molar-refractivity contribution in [1.29, 1.82) is 10.5 Å². The predicted molar refractivity (Wildman–Crippen MR) is 49.5 cm³/mol. The Bertz CT molecular complexity index is 158. The van der Waals surface area contributed by atoms with Gasteiger partial charge in [0.1, 0.15) is 6.61 Å². The van der Waals surface area contributed by atoms with Crippen LogP contribution in [0.25, 0.3) is 0 Å². The van der Waals surface area contributed by atoms with Gasteiger partial charge in [-0.25, -0.2) is 0 Å². The highest BCUT2D eigenvalue weighted by atomic mass is 16.5. The van der Waals surface area contributed by atoms with Crippen LogP contribution in [0.3, 0.4) is 0 Å². The Hall–Kier alpha value is -1.22. The maximum atomic E-state index is 8.27. The molecule has 72 valence electrons. The number of rotatable bonds is 8. The second-order valence-corrected chi connectivity index (χ2v) is 2.97. The summed E-state index contributed by atoms with van der Waals surface area (Å²) in [6.45, 7) is 0.550. The van der Waals surface area contributed by atoms with Crippen LogP contribution in [0, 0.1) is 22.8 Å². The van der Waals surface area contributed by atoms with Crippen molar-refractivity contribution in [1.82, 2.24) is 0 Å². The summed E-state index contributed by atoms with van der Waals surface area (Å²) in [7, 11) is 0. The molecule has 0 aliphatic heterocycles. The summed E-state index contributed by atoms with van der Waals surface area (Å²) in [6.07, 6.45) is 8.95. The Morgan fingerprint density at radius 1 is 0.846 bits per heavy atom. The van der Waals surface area contributed by atoms with Crippen LogP contribution in [-0.4, -0.2) is 6.61 Å². The van der Waals surface area contributed by atoms with Crippen molar-refractivity contribution >= 4 is 0 Å². The zero-order valence-electron chi connectivity index (χ0n) is 7.96. The molecule has 0 amide bonds. The second kappa shape index (κ2) is 10.8. The summed E-state index contributed by atoms with van der Waals surface area (Å²) >= 11 is 0. The van der Waals surface area contributed by atoms with E-state index in [-0.39, 0.29) is 0 Å². The molecule has 0 bridgehead atoms. The molecule has 0 aliphatic rings. The summed E-state index contributed by atoms with van der Waals surface area (Å²) < 4.78 is 4.54. The molecular formula is C10H16N2O. The van der Waals surface area contributed by atoms with E-state index in [2.05, 4.69) is 10.8 Å². The topological polar surface area (TPSA) is 56.8 Å². The highest BCUT2D eigenvalue weighted by Crippen LogP contribution is 2.06. The first kappa shape index (κ1) is 11.8. The van der Waals surface area contributed by atoms with E-state index in [1.54, 1.807) is 6.26 Å². The lowest BCUT2D eigenvalue weighted by Gasteiger charge is -1.98. The Morgan fingerprint density at radius 3 is 2.08 bits per heavy atom. The van der Waals surface area contributed by atoms with Crippen molar-refractivity contribution in [2.24, 2.45) is 0 Å². The number of nitriles is 2. The van der Waals surface area contributed by atoms with Gasteiger partial charge >= 0.3 is 0 Å². The average Bonchev–Trinajstić information content (AvgIpc) is 2.16.